The van der Waals surface area contributed by atoms with E-state index in [0.717, 1.165) is 23.5 Å². The van der Waals surface area contributed by atoms with Crippen LogP contribution >= 0.6 is 11.3 Å². The summed E-state index contributed by atoms with van der Waals surface area (Å²) in [5, 5.41) is 8.85. The lowest BCUT2D eigenvalue weighted by atomic mass is 10.2. The summed E-state index contributed by atoms with van der Waals surface area (Å²) in [5.74, 6) is -1.08. The Morgan fingerprint density at radius 2 is 2.11 bits per heavy atom. The van der Waals surface area contributed by atoms with E-state index in [1.165, 1.54) is 16.7 Å². The zero-order valence-electron chi connectivity index (χ0n) is 9.10. The standard InChI is InChI=1S/C11H5F3N2O2S/c12-11(13,14)5-1-2-16-6-4-7(10(17)18)19-9(6)15-8(16)3-5/h1-4H,(H,17,18). The third-order valence-corrected chi connectivity index (χ3v) is 3.65. The molecule has 0 unspecified atom stereocenters. The Morgan fingerprint density at radius 1 is 1.37 bits per heavy atom. The zero-order valence-corrected chi connectivity index (χ0v) is 9.92. The summed E-state index contributed by atoms with van der Waals surface area (Å²) in [5.41, 5.74) is -0.143. The monoisotopic (exact) mass is 286 g/mol. The summed E-state index contributed by atoms with van der Waals surface area (Å²) in [4.78, 5) is 15.3. The maximum absolute atomic E-state index is 12.6. The Hall–Kier alpha value is -2.09. The molecule has 0 aliphatic carbocycles. The number of hydrogen-bond acceptors (Lipinski definition) is 3. The van der Waals surface area contributed by atoms with Gasteiger partial charge in [-0.2, -0.15) is 13.2 Å². The minimum atomic E-state index is -4.42. The number of aromatic carboxylic acids is 1. The molecule has 3 aromatic heterocycles. The van der Waals surface area contributed by atoms with E-state index in [2.05, 4.69) is 4.98 Å². The maximum Gasteiger partial charge on any atom is 0.416 e. The zero-order chi connectivity index (χ0) is 13.8. The molecule has 8 heteroatoms. The molecule has 19 heavy (non-hydrogen) atoms. The quantitative estimate of drug-likeness (QED) is 0.747. The van der Waals surface area contributed by atoms with Crippen LogP contribution in [0.2, 0.25) is 0 Å². The van der Waals surface area contributed by atoms with Gasteiger partial charge >= 0.3 is 12.1 Å². The number of carbonyl (C=O) groups is 1. The molecule has 0 aromatic carbocycles. The second kappa shape index (κ2) is 3.70. The van der Waals surface area contributed by atoms with Gasteiger partial charge in [0, 0.05) is 6.20 Å². The number of pyridine rings is 1. The number of rotatable bonds is 1. The molecule has 0 spiro atoms. The molecular weight excluding hydrogens is 281 g/mol. The lowest BCUT2D eigenvalue weighted by molar-refractivity contribution is -0.137. The van der Waals surface area contributed by atoms with Gasteiger partial charge in [0.1, 0.15) is 15.4 Å². The molecule has 3 heterocycles. The van der Waals surface area contributed by atoms with Gasteiger partial charge in [-0.25, -0.2) is 9.78 Å². The molecule has 0 atom stereocenters. The van der Waals surface area contributed by atoms with Crippen molar-refractivity contribution in [3.63, 3.8) is 0 Å². The number of carboxylic acids is 1. The van der Waals surface area contributed by atoms with Gasteiger partial charge in [0.15, 0.2) is 0 Å². The van der Waals surface area contributed by atoms with Crippen molar-refractivity contribution in [1.82, 2.24) is 9.38 Å². The Kier molecular flexibility index (Phi) is 2.33. The van der Waals surface area contributed by atoms with Gasteiger partial charge in [0.05, 0.1) is 11.1 Å². The molecule has 0 amide bonds. The third kappa shape index (κ3) is 1.84. The van der Waals surface area contributed by atoms with E-state index in [9.17, 15) is 18.0 Å². The van der Waals surface area contributed by atoms with Gasteiger partial charge in [0.2, 0.25) is 0 Å². The van der Waals surface area contributed by atoms with Crippen LogP contribution in [0.3, 0.4) is 0 Å². The fourth-order valence-electron chi connectivity index (χ4n) is 1.79. The summed E-state index contributed by atoms with van der Waals surface area (Å²) in [6, 6.07) is 3.27. The Balaban J connectivity index is 2.25. The number of aromatic nitrogens is 2. The predicted octanol–water partition coefficient (Wildman–Crippen LogP) is 3.27. The average molecular weight is 286 g/mol. The molecule has 3 aromatic rings. The topological polar surface area (TPSA) is 54.6 Å². The SMILES string of the molecule is O=C(O)c1cc2c(nc3cc(C(F)(F)F)ccn32)s1. The van der Waals surface area contributed by atoms with Gasteiger partial charge in [-0.3, -0.25) is 4.40 Å². The van der Waals surface area contributed by atoms with Crippen molar-refractivity contribution in [3.8, 4) is 0 Å². The number of nitrogens with zero attached hydrogens (tertiary/aromatic N) is 2. The largest absolute Gasteiger partial charge is 0.477 e. The van der Waals surface area contributed by atoms with Crippen LogP contribution in [0.15, 0.2) is 24.4 Å². The van der Waals surface area contributed by atoms with E-state index in [4.69, 9.17) is 5.11 Å². The predicted molar refractivity (Wildman–Crippen MR) is 62.5 cm³/mol. The van der Waals surface area contributed by atoms with Crippen LogP contribution in [-0.4, -0.2) is 20.5 Å². The molecule has 98 valence electrons. The van der Waals surface area contributed by atoms with E-state index in [0.29, 0.717) is 10.3 Å². The van der Waals surface area contributed by atoms with Crippen molar-refractivity contribution in [3.05, 3.63) is 34.8 Å². The number of alkyl halides is 3. The van der Waals surface area contributed by atoms with Crippen LogP contribution in [0.5, 0.6) is 0 Å². The lowest BCUT2D eigenvalue weighted by Crippen LogP contribution is -2.05. The number of hydrogen-bond donors (Lipinski definition) is 1. The van der Waals surface area contributed by atoms with Crippen LogP contribution < -0.4 is 0 Å². The molecule has 1 N–H and O–H groups in total. The van der Waals surface area contributed by atoms with Gasteiger partial charge in [-0.05, 0) is 18.2 Å². The van der Waals surface area contributed by atoms with E-state index >= 15 is 0 Å². The van der Waals surface area contributed by atoms with Gasteiger partial charge in [0.25, 0.3) is 0 Å². The van der Waals surface area contributed by atoms with Crippen molar-refractivity contribution in [2.75, 3.05) is 0 Å². The van der Waals surface area contributed by atoms with Crippen LogP contribution in [0, 0.1) is 0 Å². The smallest absolute Gasteiger partial charge is 0.416 e. The average Bonchev–Trinajstić information content (AvgIpc) is 2.83. The van der Waals surface area contributed by atoms with Crippen LogP contribution in [0.4, 0.5) is 13.2 Å². The number of carboxylic acid groups (broad SMARTS) is 1. The highest BCUT2D eigenvalue weighted by Crippen LogP contribution is 2.32. The fraction of sp³-hybridized carbons (Fsp3) is 0.0909. The molecule has 0 radical (unpaired) electrons. The van der Waals surface area contributed by atoms with E-state index < -0.39 is 17.7 Å². The molecule has 0 aliphatic rings. The molecule has 4 nitrogen and oxygen atoms in total. The first-order valence-corrected chi connectivity index (χ1v) is 5.90. The van der Waals surface area contributed by atoms with Crippen LogP contribution in [0.25, 0.3) is 16.0 Å². The van der Waals surface area contributed by atoms with E-state index in [-0.39, 0.29) is 10.5 Å². The summed E-state index contributed by atoms with van der Waals surface area (Å²) >= 11 is 0.932. The Labute approximate surface area is 107 Å². The highest BCUT2D eigenvalue weighted by Gasteiger charge is 2.31. The summed E-state index contributed by atoms with van der Waals surface area (Å²) in [6.45, 7) is 0. The van der Waals surface area contributed by atoms with Crippen LogP contribution in [0.1, 0.15) is 15.2 Å². The molecule has 0 fully saturated rings. The van der Waals surface area contributed by atoms with Crippen LogP contribution in [-0.2, 0) is 6.18 Å². The second-order valence-corrected chi connectivity index (χ2v) is 4.89. The molecule has 0 bridgehead atoms. The Bertz CT molecular complexity index is 803. The third-order valence-electron chi connectivity index (χ3n) is 2.64. The number of thiophene rings is 1. The second-order valence-electron chi connectivity index (χ2n) is 3.86. The molecular formula is C11H5F3N2O2S. The maximum atomic E-state index is 12.6. The number of fused-ring (bicyclic) bond motifs is 3. The fourth-order valence-corrected chi connectivity index (χ4v) is 2.66. The highest BCUT2D eigenvalue weighted by atomic mass is 32.1. The highest BCUT2D eigenvalue weighted by molar-refractivity contribution is 7.20. The molecule has 0 saturated carbocycles. The minimum Gasteiger partial charge on any atom is -0.477 e. The van der Waals surface area contributed by atoms with Crippen molar-refractivity contribution in [2.24, 2.45) is 0 Å². The number of imidazole rings is 1. The van der Waals surface area contributed by atoms with Gasteiger partial charge < -0.3 is 5.11 Å². The molecule has 0 saturated heterocycles. The minimum absolute atomic E-state index is 0.104. The Morgan fingerprint density at radius 3 is 2.74 bits per heavy atom. The van der Waals surface area contributed by atoms with Crippen molar-refractivity contribution in [2.45, 2.75) is 6.18 Å². The summed E-state index contributed by atoms with van der Waals surface area (Å²) in [6.07, 6.45) is -3.18. The first-order chi connectivity index (χ1) is 8.86. The molecule has 3 rings (SSSR count). The van der Waals surface area contributed by atoms with Gasteiger partial charge in [-0.15, -0.1) is 11.3 Å². The van der Waals surface area contributed by atoms with Gasteiger partial charge in [-0.1, -0.05) is 0 Å². The summed E-state index contributed by atoms with van der Waals surface area (Å²) in [7, 11) is 0. The van der Waals surface area contributed by atoms with Crippen molar-refractivity contribution < 1.29 is 23.1 Å². The normalized spacial score (nSPS) is 12.4. The van der Waals surface area contributed by atoms with E-state index in [1.54, 1.807) is 0 Å². The van der Waals surface area contributed by atoms with Crippen molar-refractivity contribution in [1.29, 1.82) is 0 Å². The first kappa shape index (κ1) is 12.0. The summed E-state index contributed by atoms with van der Waals surface area (Å²) < 4.78 is 39.1. The van der Waals surface area contributed by atoms with Crippen molar-refractivity contribution >= 4 is 33.3 Å². The molecule has 0 aliphatic heterocycles. The number of halogens is 3. The lowest BCUT2D eigenvalue weighted by Gasteiger charge is -2.06. The van der Waals surface area contributed by atoms with E-state index in [1.807, 2.05) is 0 Å². The first-order valence-electron chi connectivity index (χ1n) is 5.08.